The number of benzene rings is 1. The van der Waals surface area contributed by atoms with E-state index >= 15 is 0 Å². The Morgan fingerprint density at radius 3 is 2.24 bits per heavy atom. The first-order chi connectivity index (χ1) is 10.3. The lowest BCUT2D eigenvalue weighted by atomic mass is 9.94. The fourth-order valence-electron chi connectivity index (χ4n) is 2.97. The van der Waals surface area contributed by atoms with Crippen LogP contribution < -0.4 is 0 Å². The highest BCUT2D eigenvalue weighted by molar-refractivity contribution is 6.18. The molecule has 1 aromatic carbocycles. The summed E-state index contributed by atoms with van der Waals surface area (Å²) in [4.78, 5) is 0. The highest BCUT2D eigenvalue weighted by Crippen LogP contribution is 2.19. The molecule has 0 nitrogen and oxygen atoms in total. The minimum absolute atomic E-state index is 0.647. The van der Waals surface area contributed by atoms with Crippen LogP contribution in [0.1, 0.15) is 75.8 Å². The van der Waals surface area contributed by atoms with E-state index in [-0.39, 0.29) is 0 Å². The van der Waals surface area contributed by atoms with Gasteiger partial charge in [0.15, 0.2) is 0 Å². The minimum Gasteiger partial charge on any atom is -0.126 e. The summed E-state index contributed by atoms with van der Waals surface area (Å²) in [5.41, 5.74) is 2.80. The highest BCUT2D eigenvalue weighted by atomic mass is 35.5. The molecule has 0 N–H and O–H groups in total. The molecule has 0 heterocycles. The Hall–Kier alpha value is -0.490. The largest absolute Gasteiger partial charge is 0.126 e. The van der Waals surface area contributed by atoms with Gasteiger partial charge in [-0.25, -0.2) is 0 Å². The Bertz CT molecular complexity index is 359. The van der Waals surface area contributed by atoms with Crippen LogP contribution in [0.25, 0.3) is 0 Å². The summed E-state index contributed by atoms with van der Waals surface area (Å²) in [5.74, 6) is 1.44. The summed E-state index contributed by atoms with van der Waals surface area (Å²) in [6, 6.07) is 8.86. The molecule has 0 aliphatic rings. The molecule has 0 aliphatic heterocycles. The summed E-state index contributed by atoms with van der Waals surface area (Å²) in [6.07, 6.45) is 13.6. The molecule has 0 aromatic heterocycles. The van der Waals surface area contributed by atoms with Gasteiger partial charge in [0.25, 0.3) is 0 Å². The molecular weight excluding hydrogens is 276 g/mol. The first kappa shape index (κ1) is 18.6. The van der Waals surface area contributed by atoms with E-state index < -0.39 is 0 Å². The Kier molecular flexibility index (Phi) is 10.7. The number of halogens is 1. The van der Waals surface area contributed by atoms with Crippen molar-refractivity contribution in [1.82, 2.24) is 0 Å². The van der Waals surface area contributed by atoms with Gasteiger partial charge in [-0.05, 0) is 31.2 Å². The number of hydrogen-bond donors (Lipinski definition) is 0. The Balaban J connectivity index is 2.11. The fourth-order valence-corrected chi connectivity index (χ4v) is 3.24. The monoisotopic (exact) mass is 308 g/mol. The molecule has 0 spiro atoms. The van der Waals surface area contributed by atoms with Crippen LogP contribution in [0.2, 0.25) is 0 Å². The van der Waals surface area contributed by atoms with Crippen molar-refractivity contribution < 1.29 is 0 Å². The van der Waals surface area contributed by atoms with Crippen molar-refractivity contribution in [3.05, 3.63) is 35.4 Å². The molecule has 21 heavy (non-hydrogen) atoms. The lowest BCUT2D eigenvalue weighted by Crippen LogP contribution is -2.06. The number of hydrogen-bond acceptors (Lipinski definition) is 0. The Labute approximate surface area is 137 Å². The molecule has 1 aromatic rings. The van der Waals surface area contributed by atoms with Gasteiger partial charge in [0.05, 0.1) is 0 Å². The molecule has 0 bridgehead atoms. The summed E-state index contributed by atoms with van der Waals surface area (Å²) in [7, 11) is 0. The van der Waals surface area contributed by atoms with Crippen LogP contribution in [0.4, 0.5) is 0 Å². The average molecular weight is 309 g/mol. The van der Waals surface area contributed by atoms with E-state index in [9.17, 15) is 0 Å². The maximum atomic E-state index is 6.15. The SMILES string of the molecule is CCCCCCCCCCC(CCl)Cc1cccc(C)c1. The van der Waals surface area contributed by atoms with Crippen LogP contribution in [-0.2, 0) is 6.42 Å². The van der Waals surface area contributed by atoms with Crippen LogP contribution in [0.3, 0.4) is 0 Å². The number of aryl methyl sites for hydroxylation is 1. The summed E-state index contributed by atoms with van der Waals surface area (Å²) in [6.45, 7) is 4.44. The lowest BCUT2D eigenvalue weighted by molar-refractivity contribution is 0.482. The van der Waals surface area contributed by atoms with E-state index in [2.05, 4.69) is 38.1 Å². The van der Waals surface area contributed by atoms with Crippen molar-refractivity contribution in [3.8, 4) is 0 Å². The van der Waals surface area contributed by atoms with Crippen LogP contribution in [0.15, 0.2) is 24.3 Å². The van der Waals surface area contributed by atoms with Crippen LogP contribution in [-0.4, -0.2) is 5.88 Å². The van der Waals surface area contributed by atoms with Crippen LogP contribution in [0.5, 0.6) is 0 Å². The van der Waals surface area contributed by atoms with E-state index in [0.717, 1.165) is 12.3 Å². The van der Waals surface area contributed by atoms with Gasteiger partial charge >= 0.3 is 0 Å². The van der Waals surface area contributed by atoms with Gasteiger partial charge in [0.1, 0.15) is 0 Å². The van der Waals surface area contributed by atoms with Gasteiger partial charge in [-0.15, -0.1) is 11.6 Å². The number of rotatable bonds is 12. The standard InChI is InChI=1S/C20H33Cl/c1-3-4-5-6-7-8-9-10-13-20(17-21)16-19-14-11-12-18(2)15-19/h11-12,14-15,20H,3-10,13,16-17H2,1-2H3. The smallest absolute Gasteiger partial charge is 0.0254 e. The van der Waals surface area contributed by atoms with E-state index in [1.807, 2.05) is 0 Å². The third-order valence-electron chi connectivity index (χ3n) is 4.29. The van der Waals surface area contributed by atoms with Crippen molar-refractivity contribution >= 4 is 11.6 Å². The van der Waals surface area contributed by atoms with Crippen molar-refractivity contribution in [2.75, 3.05) is 5.88 Å². The van der Waals surface area contributed by atoms with Gasteiger partial charge < -0.3 is 0 Å². The predicted octanol–water partition coefficient (Wildman–Crippen LogP) is 6.92. The van der Waals surface area contributed by atoms with Crippen molar-refractivity contribution in [1.29, 1.82) is 0 Å². The first-order valence-electron chi connectivity index (χ1n) is 8.87. The summed E-state index contributed by atoms with van der Waals surface area (Å²) < 4.78 is 0. The third-order valence-corrected chi connectivity index (χ3v) is 4.73. The molecule has 0 radical (unpaired) electrons. The number of alkyl halides is 1. The maximum absolute atomic E-state index is 6.15. The molecule has 1 unspecified atom stereocenters. The second-order valence-corrected chi connectivity index (χ2v) is 6.79. The zero-order valence-corrected chi connectivity index (χ0v) is 14.8. The molecule has 1 atom stereocenters. The topological polar surface area (TPSA) is 0 Å². The van der Waals surface area contributed by atoms with Gasteiger partial charge in [0.2, 0.25) is 0 Å². The summed E-state index contributed by atoms with van der Waals surface area (Å²) >= 11 is 6.15. The van der Waals surface area contributed by atoms with Crippen LogP contribution in [0, 0.1) is 12.8 Å². The summed E-state index contributed by atoms with van der Waals surface area (Å²) in [5, 5.41) is 0. The van der Waals surface area contributed by atoms with E-state index in [1.54, 1.807) is 0 Å². The van der Waals surface area contributed by atoms with Gasteiger partial charge in [-0.1, -0.05) is 88.1 Å². The Morgan fingerprint density at radius 1 is 0.952 bits per heavy atom. The van der Waals surface area contributed by atoms with E-state index in [1.165, 1.54) is 68.9 Å². The minimum atomic E-state index is 0.647. The zero-order valence-electron chi connectivity index (χ0n) is 14.0. The molecular formula is C20H33Cl. The molecule has 0 saturated carbocycles. The molecule has 120 valence electrons. The fraction of sp³-hybridized carbons (Fsp3) is 0.700. The molecule has 0 saturated heterocycles. The van der Waals surface area contributed by atoms with Crippen molar-refractivity contribution in [3.63, 3.8) is 0 Å². The Morgan fingerprint density at radius 2 is 1.62 bits per heavy atom. The molecule has 0 amide bonds. The quantitative estimate of drug-likeness (QED) is 0.290. The third kappa shape index (κ3) is 9.19. The molecule has 1 rings (SSSR count). The van der Waals surface area contributed by atoms with Gasteiger partial charge in [-0.3, -0.25) is 0 Å². The second-order valence-electron chi connectivity index (χ2n) is 6.48. The zero-order chi connectivity index (χ0) is 15.3. The van der Waals surface area contributed by atoms with E-state index in [4.69, 9.17) is 11.6 Å². The second kappa shape index (κ2) is 12.1. The van der Waals surface area contributed by atoms with Gasteiger partial charge in [0, 0.05) is 5.88 Å². The van der Waals surface area contributed by atoms with Crippen molar-refractivity contribution in [2.45, 2.75) is 78.1 Å². The average Bonchev–Trinajstić information content (AvgIpc) is 2.48. The normalized spacial score (nSPS) is 12.5. The van der Waals surface area contributed by atoms with Gasteiger partial charge in [-0.2, -0.15) is 0 Å². The maximum Gasteiger partial charge on any atom is 0.0254 e. The van der Waals surface area contributed by atoms with Crippen molar-refractivity contribution in [2.24, 2.45) is 5.92 Å². The molecule has 1 heteroatoms. The highest BCUT2D eigenvalue weighted by Gasteiger charge is 2.08. The van der Waals surface area contributed by atoms with E-state index in [0.29, 0.717) is 5.92 Å². The predicted molar refractivity (Wildman–Crippen MR) is 96.3 cm³/mol. The molecule has 0 aliphatic carbocycles. The lowest BCUT2D eigenvalue weighted by Gasteiger charge is -2.14. The number of unbranched alkanes of at least 4 members (excludes halogenated alkanes) is 7. The van der Waals surface area contributed by atoms with Crippen LogP contribution >= 0.6 is 11.6 Å². The molecule has 0 fully saturated rings. The first-order valence-corrected chi connectivity index (χ1v) is 9.41.